The first kappa shape index (κ1) is 26.4. The van der Waals surface area contributed by atoms with Crippen LogP contribution in [0.2, 0.25) is 5.02 Å². The number of pyridine rings is 1. The molecule has 1 amide bonds. The number of benzene rings is 3. The zero-order valence-corrected chi connectivity index (χ0v) is 22.4. The highest BCUT2D eigenvalue weighted by molar-refractivity contribution is 7.89. The number of halogens is 1. The monoisotopic (exact) mass is 561 g/mol. The third-order valence-corrected chi connectivity index (χ3v) is 7.81. The SMILES string of the molecule is CC(=O)N(c1ccc(Cn2ccccc2=O)cc1)c1cccc(S(=O)(=O)NCc2n[nH]c3ccc(Cl)cc23)c1. The van der Waals surface area contributed by atoms with E-state index in [1.165, 1.54) is 30.0 Å². The van der Waals surface area contributed by atoms with E-state index >= 15 is 0 Å². The van der Waals surface area contributed by atoms with Crippen LogP contribution in [0.4, 0.5) is 11.4 Å². The van der Waals surface area contributed by atoms with Crippen molar-refractivity contribution in [1.82, 2.24) is 19.5 Å². The molecule has 2 aromatic heterocycles. The molecule has 3 aromatic carbocycles. The molecular formula is C28H24ClN5O4S. The molecule has 0 atom stereocenters. The van der Waals surface area contributed by atoms with Crippen molar-refractivity contribution < 1.29 is 13.2 Å². The zero-order chi connectivity index (χ0) is 27.6. The molecular weight excluding hydrogens is 538 g/mol. The van der Waals surface area contributed by atoms with Crippen LogP contribution in [0.25, 0.3) is 10.9 Å². The lowest BCUT2D eigenvalue weighted by Gasteiger charge is -2.22. The van der Waals surface area contributed by atoms with Crippen LogP contribution in [-0.4, -0.2) is 29.1 Å². The molecule has 0 radical (unpaired) electrons. The van der Waals surface area contributed by atoms with E-state index < -0.39 is 10.0 Å². The fourth-order valence-electron chi connectivity index (χ4n) is 4.26. The van der Waals surface area contributed by atoms with E-state index in [1.807, 2.05) is 12.1 Å². The summed E-state index contributed by atoms with van der Waals surface area (Å²) in [7, 11) is -3.93. The predicted molar refractivity (Wildman–Crippen MR) is 151 cm³/mol. The number of rotatable bonds is 8. The first-order valence-electron chi connectivity index (χ1n) is 12.0. The van der Waals surface area contributed by atoms with E-state index in [4.69, 9.17) is 11.6 Å². The summed E-state index contributed by atoms with van der Waals surface area (Å²) in [4.78, 5) is 26.1. The summed E-state index contributed by atoms with van der Waals surface area (Å²) in [6, 6.07) is 23.5. The largest absolute Gasteiger partial charge is 0.311 e. The van der Waals surface area contributed by atoms with Gasteiger partial charge in [-0.3, -0.25) is 19.6 Å². The van der Waals surface area contributed by atoms with Crippen LogP contribution in [0.5, 0.6) is 0 Å². The molecule has 11 heteroatoms. The Morgan fingerprint density at radius 3 is 2.54 bits per heavy atom. The Labute approximate surface area is 229 Å². The van der Waals surface area contributed by atoms with Gasteiger partial charge in [-0.05, 0) is 60.2 Å². The molecule has 39 heavy (non-hydrogen) atoms. The van der Waals surface area contributed by atoms with Crippen molar-refractivity contribution in [3.05, 3.63) is 118 Å². The van der Waals surface area contributed by atoms with Gasteiger partial charge < -0.3 is 4.57 Å². The highest BCUT2D eigenvalue weighted by Crippen LogP contribution is 2.28. The van der Waals surface area contributed by atoms with Crippen molar-refractivity contribution in [2.75, 3.05) is 4.90 Å². The smallest absolute Gasteiger partial charge is 0.250 e. The normalized spacial score (nSPS) is 11.5. The Kier molecular flexibility index (Phi) is 7.34. The molecule has 0 fully saturated rings. The van der Waals surface area contributed by atoms with Gasteiger partial charge >= 0.3 is 0 Å². The summed E-state index contributed by atoms with van der Waals surface area (Å²) >= 11 is 6.08. The summed E-state index contributed by atoms with van der Waals surface area (Å²) in [5, 5.41) is 8.30. The van der Waals surface area contributed by atoms with Gasteiger partial charge in [-0.15, -0.1) is 0 Å². The van der Waals surface area contributed by atoms with E-state index in [2.05, 4.69) is 14.9 Å². The van der Waals surface area contributed by atoms with E-state index in [9.17, 15) is 18.0 Å². The maximum absolute atomic E-state index is 13.2. The molecule has 0 unspecified atom stereocenters. The average molecular weight is 562 g/mol. The van der Waals surface area contributed by atoms with Gasteiger partial charge in [-0.1, -0.05) is 35.9 Å². The number of nitrogens with one attached hydrogen (secondary N) is 2. The first-order valence-corrected chi connectivity index (χ1v) is 13.8. The molecule has 0 spiro atoms. The van der Waals surface area contributed by atoms with Gasteiger partial charge in [0.2, 0.25) is 15.9 Å². The number of anilines is 2. The van der Waals surface area contributed by atoms with Crippen molar-refractivity contribution in [2.24, 2.45) is 0 Å². The second-order valence-corrected chi connectivity index (χ2v) is 11.1. The van der Waals surface area contributed by atoms with Crippen LogP contribution < -0.4 is 15.2 Å². The quantitative estimate of drug-likeness (QED) is 0.287. The van der Waals surface area contributed by atoms with Gasteiger partial charge in [-0.25, -0.2) is 13.1 Å². The number of amides is 1. The third kappa shape index (κ3) is 5.78. The molecule has 0 saturated carbocycles. The summed E-state index contributed by atoms with van der Waals surface area (Å²) in [5.41, 5.74) is 2.99. The number of hydrogen-bond acceptors (Lipinski definition) is 5. The van der Waals surface area contributed by atoms with Gasteiger partial charge in [0.25, 0.3) is 5.56 Å². The number of sulfonamides is 1. The standard InChI is InChI=1S/C28H24ClN5O4S/c1-19(35)34(22-11-8-20(9-12-22)18-33-14-3-2-7-28(33)36)23-5-4-6-24(16-23)39(37,38)30-17-27-25-15-21(29)10-13-26(25)31-32-27/h2-16,30H,17-18H2,1H3,(H,31,32). The molecule has 0 bridgehead atoms. The van der Waals surface area contributed by atoms with E-state index in [1.54, 1.807) is 65.4 Å². The van der Waals surface area contributed by atoms with Crippen LogP contribution in [0.1, 0.15) is 18.2 Å². The second kappa shape index (κ2) is 10.9. The number of nitrogens with zero attached hydrogens (tertiary/aromatic N) is 3. The summed E-state index contributed by atoms with van der Waals surface area (Å²) in [6.07, 6.45) is 1.71. The Balaban J connectivity index is 1.37. The van der Waals surface area contributed by atoms with Crippen molar-refractivity contribution in [3.8, 4) is 0 Å². The predicted octanol–water partition coefficient (Wildman–Crippen LogP) is 4.59. The van der Waals surface area contributed by atoms with Crippen molar-refractivity contribution in [2.45, 2.75) is 24.9 Å². The Bertz CT molecular complexity index is 1830. The number of fused-ring (bicyclic) bond motifs is 1. The van der Waals surface area contributed by atoms with E-state index in [0.29, 0.717) is 28.6 Å². The van der Waals surface area contributed by atoms with Gasteiger partial charge in [-0.2, -0.15) is 5.10 Å². The Morgan fingerprint density at radius 1 is 1.00 bits per heavy atom. The molecule has 0 aliphatic rings. The molecule has 198 valence electrons. The van der Waals surface area contributed by atoms with Crippen molar-refractivity contribution in [3.63, 3.8) is 0 Å². The maximum atomic E-state index is 13.2. The number of carbonyl (C=O) groups excluding carboxylic acids is 1. The fraction of sp³-hybridized carbons (Fsp3) is 0.107. The molecule has 9 nitrogen and oxygen atoms in total. The van der Waals surface area contributed by atoms with Crippen LogP contribution in [-0.2, 0) is 27.9 Å². The van der Waals surface area contributed by atoms with Gasteiger partial charge in [0, 0.05) is 35.3 Å². The molecule has 2 N–H and O–H groups in total. The Morgan fingerprint density at radius 2 is 1.79 bits per heavy atom. The topological polar surface area (TPSA) is 117 Å². The second-order valence-electron chi connectivity index (χ2n) is 8.87. The van der Waals surface area contributed by atoms with E-state index in [-0.39, 0.29) is 22.9 Å². The molecule has 5 aromatic rings. The van der Waals surface area contributed by atoms with Crippen molar-refractivity contribution in [1.29, 1.82) is 0 Å². The van der Waals surface area contributed by atoms with Gasteiger partial charge in [0.15, 0.2) is 0 Å². The highest BCUT2D eigenvalue weighted by Gasteiger charge is 2.20. The number of H-pyrrole nitrogens is 1. The first-order chi connectivity index (χ1) is 18.7. The van der Waals surface area contributed by atoms with Crippen LogP contribution in [0.15, 0.2) is 101 Å². The molecule has 2 heterocycles. The van der Waals surface area contributed by atoms with Crippen molar-refractivity contribution >= 4 is 49.8 Å². The Hall–Kier alpha value is -4.25. The fourth-order valence-corrected chi connectivity index (χ4v) is 5.46. The number of aromatic amines is 1. The molecule has 0 aliphatic heterocycles. The van der Waals surface area contributed by atoms with E-state index in [0.717, 1.165) is 16.5 Å². The summed E-state index contributed by atoms with van der Waals surface area (Å²) in [5.74, 6) is -0.288. The lowest BCUT2D eigenvalue weighted by Crippen LogP contribution is -2.25. The zero-order valence-electron chi connectivity index (χ0n) is 20.8. The lowest BCUT2D eigenvalue weighted by molar-refractivity contribution is -0.115. The minimum absolute atomic E-state index is 0.00389. The number of carbonyl (C=O) groups is 1. The van der Waals surface area contributed by atoms with Gasteiger partial charge in [0.05, 0.1) is 34.9 Å². The molecule has 0 aliphatic carbocycles. The summed E-state index contributed by atoms with van der Waals surface area (Å²) in [6.45, 7) is 1.75. The number of hydrogen-bond donors (Lipinski definition) is 2. The maximum Gasteiger partial charge on any atom is 0.250 e. The highest BCUT2D eigenvalue weighted by atomic mass is 35.5. The van der Waals surface area contributed by atoms with Crippen LogP contribution in [0.3, 0.4) is 0 Å². The van der Waals surface area contributed by atoms with Gasteiger partial charge in [0.1, 0.15) is 0 Å². The number of aromatic nitrogens is 3. The average Bonchev–Trinajstić information content (AvgIpc) is 3.32. The third-order valence-electron chi connectivity index (χ3n) is 6.18. The lowest BCUT2D eigenvalue weighted by atomic mass is 10.1. The van der Waals surface area contributed by atoms with Crippen LogP contribution in [0, 0.1) is 0 Å². The molecule has 0 saturated heterocycles. The molecule has 5 rings (SSSR count). The minimum Gasteiger partial charge on any atom is -0.311 e. The minimum atomic E-state index is -3.93. The van der Waals surface area contributed by atoms with Crippen LogP contribution >= 0.6 is 11.6 Å². The summed E-state index contributed by atoms with van der Waals surface area (Å²) < 4.78 is 30.5.